The Balaban J connectivity index is 0.957. The molecule has 0 aliphatic carbocycles. The summed E-state index contributed by atoms with van der Waals surface area (Å²) >= 11 is 0. The van der Waals surface area contributed by atoms with E-state index >= 15 is 0 Å². The van der Waals surface area contributed by atoms with E-state index in [2.05, 4.69) is 31.3 Å². The molecule has 10 nitrogen and oxygen atoms in total. The second-order valence-corrected chi connectivity index (χ2v) is 20.1. The highest BCUT2D eigenvalue weighted by molar-refractivity contribution is 8.76. The van der Waals surface area contributed by atoms with E-state index in [1.807, 2.05) is 108 Å². The molecule has 3 amide bonds. The van der Waals surface area contributed by atoms with Gasteiger partial charge in [0.25, 0.3) is 11.8 Å². The fourth-order valence-electron chi connectivity index (χ4n) is 9.13. The highest BCUT2D eigenvalue weighted by Gasteiger charge is 2.38. The van der Waals surface area contributed by atoms with Crippen LogP contribution >= 0.6 is 21.6 Å². The summed E-state index contributed by atoms with van der Waals surface area (Å²) in [5, 5.41) is 3.13. The van der Waals surface area contributed by atoms with Crippen molar-refractivity contribution in [3.63, 3.8) is 0 Å². The van der Waals surface area contributed by atoms with Gasteiger partial charge >= 0.3 is 0 Å². The molecule has 2 atom stereocenters. The van der Waals surface area contributed by atoms with Gasteiger partial charge in [-0.15, -0.1) is 0 Å². The highest BCUT2D eigenvalue weighted by Crippen LogP contribution is 2.42. The third-order valence-electron chi connectivity index (χ3n) is 12.2. The summed E-state index contributed by atoms with van der Waals surface area (Å²) in [7, 11) is 5.05. The summed E-state index contributed by atoms with van der Waals surface area (Å²) in [5.74, 6) is 1.47. The first-order valence-corrected chi connectivity index (χ1v) is 23.7. The number of nitrogens with one attached hydrogen (secondary N) is 1. The van der Waals surface area contributed by atoms with Crippen molar-refractivity contribution in [3.8, 4) is 17.2 Å². The van der Waals surface area contributed by atoms with E-state index in [1.54, 1.807) is 28.7 Å². The van der Waals surface area contributed by atoms with Gasteiger partial charge in [-0.25, -0.2) is 0 Å². The Morgan fingerprint density at radius 2 is 1.48 bits per heavy atom. The Labute approximate surface area is 370 Å². The first-order chi connectivity index (χ1) is 30.0. The number of carbonyl (C=O) groups excluding carboxylic acids is 3. The summed E-state index contributed by atoms with van der Waals surface area (Å²) in [5.41, 5.74) is 10.0. The van der Waals surface area contributed by atoms with Crippen LogP contribution in [0.5, 0.6) is 17.2 Å². The fourth-order valence-corrected chi connectivity index (χ4v) is 11.4. The van der Waals surface area contributed by atoms with Crippen LogP contribution in [0.25, 0.3) is 0 Å². The molecule has 12 heteroatoms. The number of anilines is 3. The number of ether oxygens (including phenoxy) is 3. The van der Waals surface area contributed by atoms with E-state index in [1.165, 1.54) is 5.56 Å². The van der Waals surface area contributed by atoms with E-state index in [4.69, 9.17) is 19.2 Å². The van der Waals surface area contributed by atoms with E-state index < -0.39 is 0 Å². The molecule has 318 valence electrons. The zero-order valence-electron chi connectivity index (χ0n) is 35.7. The number of aliphatic imine (C=N–C) groups is 1. The fraction of sp³-hybridized carbons (Fsp3) is 0.320. The standard InChI is InChI=1S/C50H50N4O6S2/c1-30-18-40-41(51-27-38-23-35-11-7-9-13-43(35)54(38)49(40)57)26-44(30)59-28-31-19-32(21-36(20-31)52-47(55)16-17-50(2,3)62-61-5)29-60-46-24-33-14-15-37-22-34-10-6-8-12-42(34)53(37)48(56)39(33)25-45(46)58-4/h6-13,18-21,24-27,37-38H,14-17,22-23,28-29H2,1-5H3,(H,52,55)/t37-,38+/m1/s1. The van der Waals surface area contributed by atoms with Crippen molar-refractivity contribution in [3.05, 3.63) is 136 Å². The number of methoxy groups -OCH3 is 1. The minimum atomic E-state index is -0.143. The Morgan fingerprint density at radius 1 is 0.806 bits per heavy atom. The van der Waals surface area contributed by atoms with Crippen LogP contribution in [-0.2, 0) is 37.3 Å². The third kappa shape index (κ3) is 8.30. The predicted octanol–water partition coefficient (Wildman–Crippen LogP) is 10.5. The van der Waals surface area contributed by atoms with Crippen molar-refractivity contribution < 1.29 is 28.6 Å². The molecule has 62 heavy (non-hydrogen) atoms. The van der Waals surface area contributed by atoms with E-state index in [0.717, 1.165) is 71.3 Å². The molecular formula is C50H50N4O6S2. The SMILES string of the molecule is COc1cc2c(cc1OCc1cc(COc3cc4c(cc3C)C(=O)N3c5ccccc5C[C@H]3C=N4)cc(NC(=O)CCC(C)(C)SSC)c1)CC[C@@H]1Cc3ccccc3N1C2=O. The summed E-state index contributed by atoms with van der Waals surface area (Å²) in [4.78, 5) is 49.9. The molecule has 0 radical (unpaired) electrons. The lowest BCUT2D eigenvalue weighted by atomic mass is 9.99. The molecule has 4 aliphatic rings. The number of hydrogen-bond acceptors (Lipinski definition) is 9. The van der Waals surface area contributed by atoms with Crippen molar-refractivity contribution in [2.24, 2.45) is 4.99 Å². The average molecular weight is 867 g/mol. The van der Waals surface area contributed by atoms with E-state index in [9.17, 15) is 14.4 Å². The Hall–Kier alpha value is -5.72. The van der Waals surface area contributed by atoms with Crippen molar-refractivity contribution in [1.82, 2.24) is 0 Å². The molecule has 5 aromatic rings. The van der Waals surface area contributed by atoms with E-state index in [0.29, 0.717) is 46.2 Å². The van der Waals surface area contributed by atoms with Crippen LogP contribution in [-0.4, -0.2) is 54.1 Å². The molecule has 0 unspecified atom stereocenters. The Morgan fingerprint density at radius 3 is 2.21 bits per heavy atom. The first-order valence-electron chi connectivity index (χ1n) is 21.1. The minimum absolute atomic E-state index is 0.0185. The molecule has 0 bridgehead atoms. The zero-order valence-corrected chi connectivity index (χ0v) is 37.3. The summed E-state index contributed by atoms with van der Waals surface area (Å²) < 4.78 is 18.7. The summed E-state index contributed by atoms with van der Waals surface area (Å²) in [6.07, 6.45) is 8.16. The van der Waals surface area contributed by atoms with Gasteiger partial charge in [0.05, 0.1) is 24.4 Å². The molecule has 9 rings (SSSR count). The van der Waals surface area contributed by atoms with Gasteiger partial charge in [0.2, 0.25) is 5.91 Å². The molecule has 4 aliphatic heterocycles. The first kappa shape index (κ1) is 41.6. The number of fused-ring (bicyclic) bond motifs is 8. The van der Waals surface area contributed by atoms with Crippen LogP contribution in [0.15, 0.2) is 96.0 Å². The number of hydrogen-bond donors (Lipinski definition) is 1. The van der Waals surface area contributed by atoms with Crippen molar-refractivity contribution in [2.45, 2.75) is 89.3 Å². The molecule has 0 aromatic heterocycles. The van der Waals surface area contributed by atoms with Crippen LogP contribution in [0.4, 0.5) is 22.7 Å². The minimum Gasteiger partial charge on any atom is -0.493 e. The smallest absolute Gasteiger partial charge is 0.261 e. The number of benzene rings is 5. The van der Waals surface area contributed by atoms with Gasteiger partial charge in [-0.05, 0) is 135 Å². The van der Waals surface area contributed by atoms with Gasteiger partial charge in [-0.1, -0.05) is 58.0 Å². The van der Waals surface area contributed by atoms with Gasteiger partial charge < -0.3 is 24.4 Å². The van der Waals surface area contributed by atoms with Crippen LogP contribution in [0, 0.1) is 6.92 Å². The predicted molar refractivity (Wildman–Crippen MR) is 250 cm³/mol. The van der Waals surface area contributed by atoms with Crippen molar-refractivity contribution >= 4 is 68.3 Å². The molecule has 5 aromatic carbocycles. The number of carbonyl (C=O) groups is 3. The lowest BCUT2D eigenvalue weighted by molar-refractivity contribution is -0.116. The zero-order chi connectivity index (χ0) is 43.1. The van der Waals surface area contributed by atoms with E-state index in [-0.39, 0.29) is 47.8 Å². The molecule has 0 saturated carbocycles. The topological polar surface area (TPSA) is 110 Å². The maximum Gasteiger partial charge on any atom is 0.261 e. The van der Waals surface area contributed by atoms with Crippen LogP contribution in [0.2, 0.25) is 0 Å². The number of amides is 3. The molecule has 0 spiro atoms. The van der Waals surface area contributed by atoms with Crippen LogP contribution in [0.1, 0.15) is 87.2 Å². The summed E-state index contributed by atoms with van der Waals surface area (Å²) in [6.45, 7) is 6.60. The van der Waals surface area contributed by atoms with Crippen molar-refractivity contribution in [2.75, 3.05) is 28.5 Å². The van der Waals surface area contributed by atoms with Gasteiger partial charge in [0.15, 0.2) is 11.5 Å². The number of rotatable bonds is 13. The van der Waals surface area contributed by atoms with Gasteiger partial charge in [0, 0.05) is 58.5 Å². The second-order valence-electron chi connectivity index (χ2n) is 17.0. The average Bonchev–Trinajstić information content (AvgIpc) is 3.75. The van der Waals surface area contributed by atoms with Gasteiger partial charge in [-0.3, -0.25) is 24.3 Å². The van der Waals surface area contributed by atoms with Gasteiger partial charge in [-0.2, -0.15) is 0 Å². The number of nitrogens with zero attached hydrogens (tertiary/aromatic N) is 3. The number of aryl methyl sites for hydroxylation is 2. The highest BCUT2D eigenvalue weighted by atomic mass is 33.1. The Kier molecular flexibility index (Phi) is 11.6. The molecule has 4 heterocycles. The maximum atomic E-state index is 14.1. The quantitative estimate of drug-likeness (QED) is 0.117. The van der Waals surface area contributed by atoms with Gasteiger partial charge in [0.1, 0.15) is 19.0 Å². The third-order valence-corrected chi connectivity index (χ3v) is 14.9. The Bertz CT molecular complexity index is 2630. The normalized spacial score (nSPS) is 17.2. The second kappa shape index (κ2) is 17.2. The monoisotopic (exact) mass is 866 g/mol. The van der Waals surface area contributed by atoms with Crippen molar-refractivity contribution in [1.29, 1.82) is 0 Å². The maximum absolute atomic E-state index is 14.1. The largest absolute Gasteiger partial charge is 0.493 e. The van der Waals surface area contributed by atoms with Crippen LogP contribution in [0.3, 0.4) is 0 Å². The van der Waals surface area contributed by atoms with Crippen LogP contribution < -0.4 is 29.3 Å². The molecular weight excluding hydrogens is 817 g/mol. The summed E-state index contributed by atoms with van der Waals surface area (Å²) in [6, 6.07) is 29.5. The number of para-hydroxylation sites is 2. The molecule has 0 fully saturated rings. The lowest BCUT2D eigenvalue weighted by Gasteiger charge is -2.23. The lowest BCUT2D eigenvalue weighted by Crippen LogP contribution is -2.37. The molecule has 1 N–H and O–H groups in total. The molecule has 0 saturated heterocycles.